The molecule has 0 fully saturated rings. The molecular weight excluding hydrogens is 280 g/mol. The van der Waals surface area contributed by atoms with E-state index in [1.54, 1.807) is 0 Å². The number of carbonyl (C=O) groups is 1. The first-order valence-corrected chi connectivity index (χ1v) is 7.98. The van der Waals surface area contributed by atoms with Crippen LogP contribution < -0.4 is 0 Å². The zero-order valence-electron chi connectivity index (χ0n) is 14.7. The summed E-state index contributed by atoms with van der Waals surface area (Å²) in [5, 5.41) is 10.4. The van der Waals surface area contributed by atoms with Gasteiger partial charge in [-0.3, -0.25) is 4.79 Å². The topological polar surface area (TPSA) is 55.8 Å². The van der Waals surface area contributed by atoms with E-state index in [9.17, 15) is 9.90 Å². The van der Waals surface area contributed by atoms with Gasteiger partial charge in [0.15, 0.2) is 5.79 Å². The summed E-state index contributed by atoms with van der Waals surface area (Å²) in [5.74, 6) is -1.58. The van der Waals surface area contributed by atoms with E-state index in [1.807, 2.05) is 58.9 Å². The normalized spacial score (nSPS) is 12.1. The lowest BCUT2D eigenvalue weighted by molar-refractivity contribution is -0.237. The lowest BCUT2D eigenvalue weighted by Gasteiger charge is -2.31. The highest BCUT2D eigenvalue weighted by Crippen LogP contribution is 2.31. The Balaban J connectivity index is 0.00000211. The Labute approximate surface area is 134 Å². The third-order valence-corrected chi connectivity index (χ3v) is 3.58. The average molecular weight is 310 g/mol. The summed E-state index contributed by atoms with van der Waals surface area (Å²) in [5.41, 5.74) is 1.93. The molecule has 0 amide bonds. The molecule has 4 nitrogen and oxygen atoms in total. The second kappa shape index (κ2) is 10.4. The molecule has 0 spiro atoms. The molecule has 0 aliphatic heterocycles. The zero-order valence-corrected chi connectivity index (χ0v) is 14.7. The molecular formula is C18H30O4. The maximum Gasteiger partial charge on any atom is 0.308 e. The number of rotatable bonds is 7. The number of aliphatic hydroxyl groups is 1. The Morgan fingerprint density at radius 3 is 2.23 bits per heavy atom. The van der Waals surface area contributed by atoms with Gasteiger partial charge in [-0.15, -0.1) is 0 Å². The van der Waals surface area contributed by atoms with E-state index in [2.05, 4.69) is 0 Å². The summed E-state index contributed by atoms with van der Waals surface area (Å²) in [7, 11) is 1.35. The van der Waals surface area contributed by atoms with Crippen LogP contribution in [0.25, 0.3) is 0 Å². The van der Waals surface area contributed by atoms with Gasteiger partial charge in [0, 0.05) is 0 Å². The number of hydrogen-bond donors (Lipinski definition) is 1. The molecule has 0 radical (unpaired) electrons. The van der Waals surface area contributed by atoms with Crippen molar-refractivity contribution < 1.29 is 19.4 Å². The maximum atomic E-state index is 11.6. The predicted molar refractivity (Wildman–Crippen MR) is 88.5 cm³/mol. The quantitative estimate of drug-likeness (QED) is 0.607. The fourth-order valence-corrected chi connectivity index (χ4v) is 2.08. The minimum Gasteiger partial charge on any atom is -0.469 e. The molecule has 22 heavy (non-hydrogen) atoms. The van der Waals surface area contributed by atoms with Crippen molar-refractivity contribution in [2.24, 2.45) is 0 Å². The van der Waals surface area contributed by atoms with Gasteiger partial charge in [0.2, 0.25) is 0 Å². The van der Waals surface area contributed by atoms with Crippen molar-refractivity contribution in [1.29, 1.82) is 0 Å². The van der Waals surface area contributed by atoms with Crippen molar-refractivity contribution in [3.63, 3.8) is 0 Å². The van der Waals surface area contributed by atoms with Gasteiger partial charge in [0.1, 0.15) is 0 Å². The first-order chi connectivity index (χ1) is 10.5. The third-order valence-electron chi connectivity index (χ3n) is 3.58. The van der Waals surface area contributed by atoms with Crippen LogP contribution in [0.3, 0.4) is 0 Å². The summed E-state index contributed by atoms with van der Waals surface area (Å²) in [6.07, 6.45) is 0.512. The highest BCUT2D eigenvalue weighted by atomic mass is 16.6. The van der Waals surface area contributed by atoms with Crippen molar-refractivity contribution in [1.82, 2.24) is 0 Å². The van der Waals surface area contributed by atoms with Gasteiger partial charge in [-0.25, -0.2) is 0 Å². The molecule has 0 aromatic heterocycles. The number of ether oxygens (including phenoxy) is 2. The van der Waals surface area contributed by atoms with E-state index < -0.39 is 11.9 Å². The van der Waals surface area contributed by atoms with Gasteiger partial charge >= 0.3 is 5.97 Å². The summed E-state index contributed by atoms with van der Waals surface area (Å²) in [4.78, 5) is 11.6. The Hall–Kier alpha value is -1.39. The van der Waals surface area contributed by atoms with E-state index in [0.717, 1.165) is 11.1 Å². The van der Waals surface area contributed by atoms with Crippen molar-refractivity contribution in [2.75, 3.05) is 7.11 Å². The number of methoxy groups -OCH3 is 1. The summed E-state index contributed by atoms with van der Waals surface area (Å²) >= 11 is 0. The standard InChI is InChI=1S/C16H24O4.C2H6/c1-5-16(18,6-2)20-14(11-15(17)19-4)13-10-8-7-9-12(13)3;1-2/h7-10,14,18H,5-6,11H2,1-4H3;1-2H3/t14-;/m1./s1. The third kappa shape index (κ3) is 6.16. The lowest BCUT2D eigenvalue weighted by atomic mass is 10.00. The molecule has 1 rings (SSSR count). The number of benzene rings is 1. The van der Waals surface area contributed by atoms with Gasteiger partial charge in [-0.1, -0.05) is 52.0 Å². The molecule has 1 N–H and O–H groups in total. The van der Waals surface area contributed by atoms with E-state index in [0.29, 0.717) is 12.8 Å². The number of hydrogen-bond acceptors (Lipinski definition) is 4. The largest absolute Gasteiger partial charge is 0.469 e. The molecule has 0 unspecified atom stereocenters. The van der Waals surface area contributed by atoms with Gasteiger partial charge in [0.05, 0.1) is 19.6 Å². The summed E-state index contributed by atoms with van der Waals surface area (Å²) in [6.45, 7) is 9.67. The Kier molecular flexibility index (Phi) is 9.70. The molecule has 0 aliphatic carbocycles. The van der Waals surface area contributed by atoms with Crippen LogP contribution in [0.4, 0.5) is 0 Å². The molecule has 0 saturated carbocycles. The predicted octanol–water partition coefficient (Wildman–Crippen LogP) is 4.15. The zero-order chi connectivity index (χ0) is 17.2. The van der Waals surface area contributed by atoms with E-state index in [-0.39, 0.29) is 12.4 Å². The molecule has 0 bridgehead atoms. The van der Waals surface area contributed by atoms with Crippen LogP contribution in [0.2, 0.25) is 0 Å². The molecule has 0 heterocycles. The lowest BCUT2D eigenvalue weighted by Crippen LogP contribution is -2.33. The minimum absolute atomic E-state index is 0.0870. The highest BCUT2D eigenvalue weighted by molar-refractivity contribution is 5.70. The molecule has 1 aromatic rings. The van der Waals surface area contributed by atoms with Crippen LogP contribution in [-0.2, 0) is 14.3 Å². The number of esters is 1. The van der Waals surface area contributed by atoms with Gasteiger partial charge in [-0.2, -0.15) is 0 Å². The Bertz CT molecular complexity index is 438. The van der Waals surface area contributed by atoms with Crippen LogP contribution in [0, 0.1) is 6.92 Å². The number of aryl methyl sites for hydroxylation is 1. The molecule has 1 atom stereocenters. The van der Waals surface area contributed by atoms with Crippen LogP contribution in [0.1, 0.15) is 64.2 Å². The highest BCUT2D eigenvalue weighted by Gasteiger charge is 2.30. The molecule has 0 aliphatic rings. The van der Waals surface area contributed by atoms with Gasteiger partial charge in [-0.05, 0) is 30.9 Å². The fourth-order valence-electron chi connectivity index (χ4n) is 2.08. The first kappa shape index (κ1) is 20.6. The van der Waals surface area contributed by atoms with Crippen molar-refractivity contribution in [3.8, 4) is 0 Å². The van der Waals surface area contributed by atoms with E-state index in [1.165, 1.54) is 7.11 Å². The van der Waals surface area contributed by atoms with E-state index >= 15 is 0 Å². The van der Waals surface area contributed by atoms with Gasteiger partial charge < -0.3 is 14.6 Å². The van der Waals surface area contributed by atoms with Crippen molar-refractivity contribution >= 4 is 5.97 Å². The van der Waals surface area contributed by atoms with Crippen LogP contribution in [0.15, 0.2) is 24.3 Å². The minimum atomic E-state index is -1.22. The van der Waals surface area contributed by atoms with Crippen LogP contribution >= 0.6 is 0 Å². The monoisotopic (exact) mass is 310 g/mol. The van der Waals surface area contributed by atoms with Crippen molar-refractivity contribution in [3.05, 3.63) is 35.4 Å². The fraction of sp³-hybridized carbons (Fsp3) is 0.611. The van der Waals surface area contributed by atoms with E-state index in [4.69, 9.17) is 9.47 Å². The average Bonchev–Trinajstić information content (AvgIpc) is 2.56. The molecule has 1 aromatic carbocycles. The maximum absolute atomic E-state index is 11.6. The van der Waals surface area contributed by atoms with Crippen LogP contribution in [0.5, 0.6) is 0 Å². The summed E-state index contributed by atoms with van der Waals surface area (Å²) < 4.78 is 10.6. The van der Waals surface area contributed by atoms with Crippen molar-refractivity contribution in [2.45, 2.75) is 65.8 Å². The molecule has 126 valence electrons. The summed E-state index contributed by atoms with van der Waals surface area (Å²) in [6, 6.07) is 7.70. The first-order valence-electron chi connectivity index (χ1n) is 7.98. The van der Waals surface area contributed by atoms with Gasteiger partial charge in [0.25, 0.3) is 0 Å². The smallest absolute Gasteiger partial charge is 0.308 e. The Morgan fingerprint density at radius 2 is 1.77 bits per heavy atom. The second-order valence-electron chi connectivity index (χ2n) is 4.90. The molecule has 4 heteroatoms. The SMILES string of the molecule is CC.CCC(O)(CC)O[C@H](CC(=O)OC)c1ccccc1C. The Morgan fingerprint density at radius 1 is 1.23 bits per heavy atom. The number of carbonyl (C=O) groups excluding carboxylic acids is 1. The second-order valence-corrected chi connectivity index (χ2v) is 4.90. The van der Waals surface area contributed by atoms with Crippen LogP contribution in [-0.4, -0.2) is 24.0 Å². The molecule has 0 saturated heterocycles.